The van der Waals surface area contributed by atoms with Crippen molar-refractivity contribution in [3.8, 4) is 0 Å². The van der Waals surface area contributed by atoms with E-state index in [1.165, 1.54) is 0 Å². The third-order valence-corrected chi connectivity index (χ3v) is 5.58. The predicted octanol–water partition coefficient (Wildman–Crippen LogP) is -0.996. The zero-order chi connectivity index (χ0) is 21.3. The van der Waals surface area contributed by atoms with Crippen LogP contribution in [0.1, 0.15) is 40.0 Å². The van der Waals surface area contributed by atoms with E-state index in [4.69, 9.17) is 0 Å². The first kappa shape index (κ1) is 20.0. The van der Waals surface area contributed by atoms with Crippen molar-refractivity contribution < 1.29 is 24.0 Å². The number of imide groups is 2. The summed E-state index contributed by atoms with van der Waals surface area (Å²) < 4.78 is 0. The molecule has 2 saturated heterocycles. The third kappa shape index (κ3) is 3.78. The topological polar surface area (TPSA) is 128 Å². The van der Waals surface area contributed by atoms with E-state index in [0.717, 1.165) is 10.6 Å². The second-order valence-electron chi connectivity index (χ2n) is 7.51. The van der Waals surface area contributed by atoms with E-state index >= 15 is 0 Å². The van der Waals surface area contributed by atoms with Gasteiger partial charge in [0, 0.05) is 51.3 Å². The van der Waals surface area contributed by atoms with Crippen LogP contribution in [0.25, 0.3) is 0 Å². The van der Waals surface area contributed by atoms with Crippen molar-refractivity contribution in [1.82, 2.24) is 20.9 Å². The second-order valence-corrected chi connectivity index (χ2v) is 7.51. The summed E-state index contributed by atoms with van der Waals surface area (Å²) >= 11 is 0. The van der Waals surface area contributed by atoms with E-state index < -0.39 is 29.7 Å². The lowest BCUT2D eigenvalue weighted by molar-refractivity contribution is -0.136. The minimum atomic E-state index is -0.986. The van der Waals surface area contributed by atoms with E-state index in [1.807, 2.05) is 4.90 Å². The minimum Gasteiger partial charge on any atom is -0.370 e. The van der Waals surface area contributed by atoms with Gasteiger partial charge in [-0.2, -0.15) is 0 Å². The summed E-state index contributed by atoms with van der Waals surface area (Å²) in [6, 6.07) is 4.00. The Morgan fingerprint density at radius 1 is 0.833 bits per heavy atom. The number of carbonyl (C=O) groups is 5. The lowest BCUT2D eigenvalue weighted by Gasteiger charge is -2.27. The lowest BCUT2D eigenvalue weighted by atomic mass is 10.0. The Labute approximate surface area is 172 Å². The first-order valence-electron chi connectivity index (χ1n) is 10.0. The van der Waals surface area contributed by atoms with Crippen LogP contribution in [0.4, 0.5) is 5.69 Å². The minimum absolute atomic E-state index is 0.0415. The Morgan fingerprint density at radius 3 is 2.43 bits per heavy atom. The maximum Gasteiger partial charge on any atom is 0.262 e. The van der Waals surface area contributed by atoms with E-state index in [1.54, 1.807) is 18.2 Å². The van der Waals surface area contributed by atoms with Crippen molar-refractivity contribution in [2.75, 3.05) is 37.6 Å². The van der Waals surface area contributed by atoms with Crippen molar-refractivity contribution in [3.63, 3.8) is 0 Å². The number of fused-ring (bicyclic) bond motifs is 1. The maximum atomic E-state index is 13.0. The number of amides is 5. The van der Waals surface area contributed by atoms with Gasteiger partial charge in [0.05, 0.1) is 11.1 Å². The lowest BCUT2D eigenvalue weighted by Crippen LogP contribution is -2.54. The molecule has 1 aromatic rings. The van der Waals surface area contributed by atoms with Crippen LogP contribution >= 0.6 is 0 Å². The second kappa shape index (κ2) is 8.23. The van der Waals surface area contributed by atoms with Crippen LogP contribution < -0.4 is 20.9 Å². The molecule has 1 aromatic carbocycles. The van der Waals surface area contributed by atoms with Gasteiger partial charge in [-0.1, -0.05) is 0 Å². The van der Waals surface area contributed by atoms with Crippen molar-refractivity contribution in [2.45, 2.75) is 25.3 Å². The average Bonchev–Trinajstić information content (AvgIpc) is 2.97. The number of piperidine rings is 1. The maximum absolute atomic E-state index is 13.0. The van der Waals surface area contributed by atoms with Crippen LogP contribution in [0.15, 0.2) is 18.2 Å². The van der Waals surface area contributed by atoms with Crippen molar-refractivity contribution in [1.29, 1.82) is 0 Å². The molecule has 1 atom stereocenters. The molecular formula is C20H23N5O5. The number of benzene rings is 1. The van der Waals surface area contributed by atoms with Gasteiger partial charge in [0.2, 0.25) is 17.7 Å². The van der Waals surface area contributed by atoms with Gasteiger partial charge < -0.3 is 15.5 Å². The molecule has 4 rings (SSSR count). The number of rotatable bonds is 2. The van der Waals surface area contributed by atoms with Crippen LogP contribution in [0, 0.1) is 0 Å². The molecule has 3 aliphatic heterocycles. The molecule has 2 fully saturated rings. The molecule has 0 aromatic heterocycles. The van der Waals surface area contributed by atoms with Crippen LogP contribution in [-0.4, -0.2) is 73.2 Å². The quantitative estimate of drug-likeness (QED) is 0.531. The fraction of sp³-hybridized carbons (Fsp3) is 0.450. The number of anilines is 1. The van der Waals surface area contributed by atoms with Gasteiger partial charge in [0.15, 0.2) is 0 Å². The summed E-state index contributed by atoms with van der Waals surface area (Å²) in [5.74, 6) is -2.15. The first-order valence-corrected chi connectivity index (χ1v) is 10.0. The summed E-state index contributed by atoms with van der Waals surface area (Å²) in [6.07, 6.45) is 0.528. The molecule has 3 N–H and O–H groups in total. The van der Waals surface area contributed by atoms with E-state index in [-0.39, 0.29) is 29.9 Å². The molecule has 0 bridgehead atoms. The Balaban J connectivity index is 1.57. The van der Waals surface area contributed by atoms with Crippen LogP contribution in [-0.2, 0) is 14.4 Å². The molecule has 10 nitrogen and oxygen atoms in total. The molecule has 0 spiro atoms. The van der Waals surface area contributed by atoms with E-state index in [9.17, 15) is 24.0 Å². The SMILES string of the molecule is O=C1CCN(c2ccc3c(c2)C(=O)N(C2CCC(=O)NC2=O)C3=O)CCNCCN1. The predicted molar refractivity (Wildman–Crippen MR) is 106 cm³/mol. The largest absolute Gasteiger partial charge is 0.370 e. The molecule has 3 heterocycles. The molecule has 0 saturated carbocycles. The fourth-order valence-electron chi connectivity index (χ4n) is 3.98. The summed E-state index contributed by atoms with van der Waals surface area (Å²) in [7, 11) is 0. The Bertz CT molecular complexity index is 930. The number of nitrogens with one attached hydrogen (secondary N) is 3. The number of hydrogen-bond acceptors (Lipinski definition) is 7. The zero-order valence-electron chi connectivity index (χ0n) is 16.4. The smallest absolute Gasteiger partial charge is 0.262 e. The van der Waals surface area contributed by atoms with Gasteiger partial charge in [-0.05, 0) is 24.6 Å². The van der Waals surface area contributed by atoms with Gasteiger partial charge in [-0.25, -0.2) is 0 Å². The molecule has 3 aliphatic rings. The average molecular weight is 413 g/mol. The van der Waals surface area contributed by atoms with Crippen molar-refractivity contribution in [2.24, 2.45) is 0 Å². The normalized spacial score (nSPS) is 23.2. The van der Waals surface area contributed by atoms with E-state index in [0.29, 0.717) is 39.1 Å². The highest BCUT2D eigenvalue weighted by molar-refractivity contribution is 6.23. The molecular weight excluding hydrogens is 390 g/mol. The Hall–Kier alpha value is -3.27. The monoisotopic (exact) mass is 413 g/mol. The van der Waals surface area contributed by atoms with Crippen molar-refractivity contribution >= 4 is 35.2 Å². The van der Waals surface area contributed by atoms with Crippen LogP contribution in [0.3, 0.4) is 0 Å². The third-order valence-electron chi connectivity index (χ3n) is 5.58. The van der Waals surface area contributed by atoms with Crippen LogP contribution in [0.2, 0.25) is 0 Å². The summed E-state index contributed by atoms with van der Waals surface area (Å²) in [5.41, 5.74) is 1.21. The Kier molecular flexibility index (Phi) is 5.49. The molecule has 1 unspecified atom stereocenters. The molecule has 0 radical (unpaired) electrons. The highest BCUT2D eigenvalue weighted by atomic mass is 16.2. The van der Waals surface area contributed by atoms with Gasteiger partial charge in [0.1, 0.15) is 6.04 Å². The van der Waals surface area contributed by atoms with Gasteiger partial charge >= 0.3 is 0 Å². The van der Waals surface area contributed by atoms with E-state index in [2.05, 4.69) is 16.0 Å². The summed E-state index contributed by atoms with van der Waals surface area (Å²) in [6.45, 7) is 3.10. The first-order chi connectivity index (χ1) is 14.5. The number of nitrogens with zero attached hydrogens (tertiary/aromatic N) is 2. The molecule has 5 amide bonds. The summed E-state index contributed by atoms with van der Waals surface area (Å²) in [4.78, 5) is 64.2. The molecule has 0 aliphatic carbocycles. The molecule has 30 heavy (non-hydrogen) atoms. The Morgan fingerprint density at radius 2 is 1.63 bits per heavy atom. The highest BCUT2D eigenvalue weighted by Crippen LogP contribution is 2.30. The molecule has 158 valence electrons. The zero-order valence-corrected chi connectivity index (χ0v) is 16.4. The fourth-order valence-corrected chi connectivity index (χ4v) is 3.98. The summed E-state index contributed by atoms with van der Waals surface area (Å²) in [5, 5.41) is 8.27. The standard InChI is InChI=1S/C20H23N5O5/c26-16-5-9-24(10-8-21-6-7-22-16)12-1-2-13-14(11-12)20(30)25(19(13)29)15-3-4-17(27)23-18(15)28/h1-2,11,15,21H,3-10H2,(H,22,26)(H,23,27,28). The van der Waals surface area contributed by atoms with Crippen LogP contribution in [0.5, 0.6) is 0 Å². The molecule has 10 heteroatoms. The number of carbonyl (C=O) groups excluding carboxylic acids is 5. The van der Waals surface area contributed by atoms with Gasteiger partial charge in [-0.3, -0.25) is 34.2 Å². The van der Waals surface area contributed by atoms with Gasteiger partial charge in [0.25, 0.3) is 11.8 Å². The van der Waals surface area contributed by atoms with Crippen molar-refractivity contribution in [3.05, 3.63) is 29.3 Å². The highest BCUT2D eigenvalue weighted by Gasteiger charge is 2.44. The van der Waals surface area contributed by atoms with Gasteiger partial charge in [-0.15, -0.1) is 0 Å². The number of hydrogen-bond donors (Lipinski definition) is 3.